The number of rotatable bonds is 9. The third-order valence-corrected chi connectivity index (χ3v) is 3.94. The molecule has 0 aliphatic carbocycles. The largest absolute Gasteiger partial charge is 0.573 e. The summed E-state index contributed by atoms with van der Waals surface area (Å²) in [5.74, 6) is -2.32. The first-order chi connectivity index (χ1) is 14.9. The van der Waals surface area contributed by atoms with Gasteiger partial charge in [-0.2, -0.15) is 0 Å². The van der Waals surface area contributed by atoms with E-state index in [1.165, 1.54) is 24.3 Å². The molecule has 0 aliphatic rings. The van der Waals surface area contributed by atoms with Crippen molar-refractivity contribution in [1.82, 2.24) is 0 Å². The average molecular weight is 459 g/mol. The number of alkyl halides is 3. The molecule has 1 amide bonds. The zero-order valence-electron chi connectivity index (χ0n) is 17.1. The lowest BCUT2D eigenvalue weighted by atomic mass is 10.1. The number of halogens is 4. The topological polar surface area (TPSA) is 94.1 Å². The van der Waals surface area contributed by atoms with Crippen molar-refractivity contribution in [3.63, 3.8) is 0 Å². The van der Waals surface area contributed by atoms with E-state index in [9.17, 15) is 32.3 Å². The van der Waals surface area contributed by atoms with Gasteiger partial charge < -0.3 is 19.3 Å². The number of benzene rings is 2. The SMILES string of the molecule is CC(C)OC(Cc1cc(NC(=O)OCc2ccc(OC(F)(F)F)cc2)ccc1F)C(=O)O. The molecule has 32 heavy (non-hydrogen) atoms. The molecule has 11 heteroatoms. The Morgan fingerprint density at radius 2 is 1.75 bits per heavy atom. The van der Waals surface area contributed by atoms with E-state index in [4.69, 9.17) is 9.47 Å². The Bertz CT molecular complexity index is 931. The quantitative estimate of drug-likeness (QED) is 0.519. The first kappa shape index (κ1) is 24.9. The van der Waals surface area contributed by atoms with Crippen LogP contribution in [0, 0.1) is 5.82 Å². The molecule has 0 saturated heterocycles. The molecule has 0 spiro atoms. The summed E-state index contributed by atoms with van der Waals surface area (Å²) in [4.78, 5) is 23.3. The van der Waals surface area contributed by atoms with Crippen LogP contribution in [0.3, 0.4) is 0 Å². The number of anilines is 1. The van der Waals surface area contributed by atoms with Crippen LogP contribution in [0.5, 0.6) is 5.75 Å². The van der Waals surface area contributed by atoms with Crippen LogP contribution in [-0.4, -0.2) is 35.7 Å². The highest BCUT2D eigenvalue weighted by atomic mass is 19.4. The second kappa shape index (κ2) is 10.8. The summed E-state index contributed by atoms with van der Waals surface area (Å²) in [5, 5.41) is 11.6. The van der Waals surface area contributed by atoms with Crippen LogP contribution in [0.15, 0.2) is 42.5 Å². The van der Waals surface area contributed by atoms with Gasteiger partial charge in [-0.05, 0) is 55.3 Å². The lowest BCUT2D eigenvalue weighted by Crippen LogP contribution is -2.29. The maximum atomic E-state index is 14.1. The van der Waals surface area contributed by atoms with E-state index in [0.717, 1.165) is 18.2 Å². The van der Waals surface area contributed by atoms with Crippen LogP contribution >= 0.6 is 0 Å². The van der Waals surface area contributed by atoms with E-state index in [1.807, 2.05) is 0 Å². The molecular weight excluding hydrogens is 438 g/mol. The van der Waals surface area contributed by atoms with Crippen LogP contribution in [0.2, 0.25) is 0 Å². The molecule has 0 aromatic heterocycles. The molecule has 0 saturated carbocycles. The highest BCUT2D eigenvalue weighted by molar-refractivity contribution is 5.84. The van der Waals surface area contributed by atoms with Crippen LogP contribution in [0.4, 0.5) is 28.0 Å². The van der Waals surface area contributed by atoms with E-state index in [1.54, 1.807) is 13.8 Å². The number of carboxylic acid groups (broad SMARTS) is 1. The number of hydrogen-bond donors (Lipinski definition) is 2. The van der Waals surface area contributed by atoms with Gasteiger partial charge in [0.15, 0.2) is 6.10 Å². The number of carbonyl (C=O) groups excluding carboxylic acids is 1. The molecule has 2 N–H and O–H groups in total. The molecule has 0 bridgehead atoms. The summed E-state index contributed by atoms with van der Waals surface area (Å²) < 4.78 is 64.6. The normalized spacial score (nSPS) is 12.3. The van der Waals surface area contributed by atoms with Crippen molar-refractivity contribution in [2.24, 2.45) is 0 Å². The Labute approximate surface area is 180 Å². The van der Waals surface area contributed by atoms with Crippen molar-refractivity contribution < 1.29 is 46.5 Å². The molecular formula is C21H21F4NO6. The van der Waals surface area contributed by atoms with Crippen molar-refractivity contribution in [1.29, 1.82) is 0 Å². The average Bonchev–Trinajstić information content (AvgIpc) is 2.68. The maximum Gasteiger partial charge on any atom is 0.573 e. The fraction of sp³-hybridized carbons (Fsp3) is 0.333. The molecule has 2 aromatic rings. The van der Waals surface area contributed by atoms with Crippen LogP contribution in [0.25, 0.3) is 0 Å². The third-order valence-electron chi connectivity index (χ3n) is 3.94. The first-order valence-corrected chi connectivity index (χ1v) is 9.38. The fourth-order valence-corrected chi connectivity index (χ4v) is 2.62. The zero-order valence-corrected chi connectivity index (χ0v) is 17.1. The van der Waals surface area contributed by atoms with Crippen molar-refractivity contribution in [3.05, 3.63) is 59.4 Å². The van der Waals surface area contributed by atoms with Crippen LogP contribution < -0.4 is 10.1 Å². The van der Waals surface area contributed by atoms with Gasteiger partial charge in [0.05, 0.1) is 6.10 Å². The molecule has 1 atom stereocenters. The van der Waals surface area contributed by atoms with Gasteiger partial charge in [0.25, 0.3) is 0 Å². The van der Waals surface area contributed by atoms with E-state index < -0.39 is 36.1 Å². The smallest absolute Gasteiger partial charge is 0.479 e. The monoisotopic (exact) mass is 459 g/mol. The molecule has 174 valence electrons. The Balaban J connectivity index is 1.95. The summed E-state index contributed by atoms with van der Waals surface area (Å²) in [7, 11) is 0. The van der Waals surface area contributed by atoms with E-state index in [0.29, 0.717) is 5.56 Å². The van der Waals surface area contributed by atoms with Gasteiger partial charge in [0.1, 0.15) is 18.2 Å². The van der Waals surface area contributed by atoms with Crippen LogP contribution in [-0.2, 0) is 27.3 Å². The number of amides is 1. The summed E-state index contributed by atoms with van der Waals surface area (Å²) in [6.07, 6.45) is -7.61. The highest BCUT2D eigenvalue weighted by Crippen LogP contribution is 2.23. The Morgan fingerprint density at radius 3 is 2.31 bits per heavy atom. The van der Waals surface area contributed by atoms with Gasteiger partial charge in [-0.25, -0.2) is 14.0 Å². The number of aliphatic carboxylic acids is 1. The van der Waals surface area contributed by atoms with Crippen molar-refractivity contribution in [2.45, 2.75) is 45.4 Å². The minimum atomic E-state index is -4.81. The van der Waals surface area contributed by atoms with Crippen molar-refractivity contribution in [3.8, 4) is 5.75 Å². The molecule has 1 unspecified atom stereocenters. The molecule has 2 aromatic carbocycles. The number of carboxylic acids is 1. The van der Waals surface area contributed by atoms with Gasteiger partial charge in [-0.3, -0.25) is 5.32 Å². The molecule has 0 radical (unpaired) electrons. The summed E-state index contributed by atoms with van der Waals surface area (Å²) in [6.45, 7) is 3.06. The predicted molar refractivity (Wildman–Crippen MR) is 105 cm³/mol. The molecule has 2 rings (SSSR count). The molecule has 0 heterocycles. The zero-order chi connectivity index (χ0) is 23.9. The Hall–Kier alpha value is -3.34. The van der Waals surface area contributed by atoms with Gasteiger partial charge >= 0.3 is 18.4 Å². The van der Waals surface area contributed by atoms with Gasteiger partial charge in [-0.1, -0.05) is 12.1 Å². The lowest BCUT2D eigenvalue weighted by molar-refractivity contribution is -0.274. The van der Waals surface area contributed by atoms with E-state index in [-0.39, 0.29) is 30.4 Å². The minimum Gasteiger partial charge on any atom is -0.479 e. The highest BCUT2D eigenvalue weighted by Gasteiger charge is 2.31. The number of hydrogen-bond acceptors (Lipinski definition) is 5. The van der Waals surface area contributed by atoms with Gasteiger partial charge in [0, 0.05) is 12.1 Å². The second-order valence-electron chi connectivity index (χ2n) is 6.91. The molecule has 7 nitrogen and oxygen atoms in total. The predicted octanol–water partition coefficient (Wildman–Crippen LogP) is 4.89. The summed E-state index contributed by atoms with van der Waals surface area (Å²) >= 11 is 0. The number of carbonyl (C=O) groups is 2. The summed E-state index contributed by atoms with van der Waals surface area (Å²) in [6, 6.07) is 8.35. The van der Waals surface area contributed by atoms with E-state index >= 15 is 0 Å². The standard InChI is InChI=1S/C21H21F4NO6/c1-12(2)31-18(19(27)28)10-14-9-15(5-8-17(14)22)26-20(29)30-11-13-3-6-16(7-4-13)32-21(23,24)25/h3-9,12,18H,10-11H2,1-2H3,(H,26,29)(H,27,28). The Kier molecular flexibility index (Phi) is 8.41. The molecule has 0 aliphatic heterocycles. The number of nitrogens with one attached hydrogen (secondary N) is 1. The first-order valence-electron chi connectivity index (χ1n) is 9.38. The van der Waals surface area contributed by atoms with Crippen molar-refractivity contribution in [2.75, 3.05) is 5.32 Å². The van der Waals surface area contributed by atoms with Gasteiger partial charge in [0.2, 0.25) is 0 Å². The van der Waals surface area contributed by atoms with Crippen LogP contribution in [0.1, 0.15) is 25.0 Å². The fourth-order valence-electron chi connectivity index (χ4n) is 2.62. The molecule has 0 fully saturated rings. The Morgan fingerprint density at radius 1 is 1.09 bits per heavy atom. The third kappa shape index (κ3) is 8.42. The maximum absolute atomic E-state index is 14.1. The summed E-state index contributed by atoms with van der Waals surface area (Å²) in [5.41, 5.74) is 0.592. The van der Waals surface area contributed by atoms with Crippen molar-refractivity contribution >= 4 is 17.7 Å². The minimum absolute atomic E-state index is 0.0242. The number of ether oxygens (including phenoxy) is 3. The lowest BCUT2D eigenvalue weighted by Gasteiger charge is -2.17. The van der Waals surface area contributed by atoms with Gasteiger partial charge in [-0.15, -0.1) is 13.2 Å². The second-order valence-corrected chi connectivity index (χ2v) is 6.91. The van der Waals surface area contributed by atoms with E-state index in [2.05, 4.69) is 10.1 Å².